The molecule has 0 aliphatic heterocycles. The topological polar surface area (TPSA) is 49.4 Å². The second-order valence-corrected chi connectivity index (χ2v) is 4.09. The summed E-state index contributed by atoms with van der Waals surface area (Å²) < 4.78 is 0. The van der Waals surface area contributed by atoms with Crippen molar-refractivity contribution in [2.75, 3.05) is 6.54 Å². The Morgan fingerprint density at radius 2 is 1.71 bits per heavy atom. The smallest absolute Gasteiger partial charge is 0.324 e. The molecule has 14 heavy (non-hydrogen) atoms. The van der Waals surface area contributed by atoms with E-state index in [0.717, 1.165) is 0 Å². The van der Waals surface area contributed by atoms with Gasteiger partial charge in [-0.15, -0.1) is 0 Å². The Morgan fingerprint density at radius 3 is 2.00 bits per heavy atom. The Hall–Kier alpha value is -1.06. The third-order valence-corrected chi connectivity index (χ3v) is 1.75. The maximum Gasteiger partial charge on any atom is 0.324 e. The summed E-state index contributed by atoms with van der Waals surface area (Å²) in [5, 5.41) is 2.63. The van der Waals surface area contributed by atoms with E-state index in [2.05, 4.69) is 5.32 Å². The molecule has 0 spiro atoms. The van der Waals surface area contributed by atoms with Crippen molar-refractivity contribution in [3.8, 4) is 0 Å². The van der Waals surface area contributed by atoms with Gasteiger partial charge in [0.2, 0.25) is 5.91 Å². The summed E-state index contributed by atoms with van der Waals surface area (Å²) in [6.07, 6.45) is 0.342. The summed E-state index contributed by atoms with van der Waals surface area (Å²) in [7, 11) is 0. The predicted octanol–water partition coefficient (Wildman–Crippen LogP) is 1.75. The fourth-order valence-corrected chi connectivity index (χ4v) is 1.18. The van der Waals surface area contributed by atoms with E-state index in [1.807, 2.05) is 27.7 Å². The van der Waals surface area contributed by atoms with Crippen molar-refractivity contribution in [2.45, 2.75) is 46.6 Å². The molecule has 0 atom stereocenters. The number of amides is 3. The number of hydrogen-bond donors (Lipinski definition) is 1. The lowest BCUT2D eigenvalue weighted by molar-refractivity contribution is -0.131. The lowest BCUT2D eigenvalue weighted by Crippen LogP contribution is -2.53. The first-order valence-corrected chi connectivity index (χ1v) is 4.95. The molecule has 0 unspecified atom stereocenters. The maximum absolute atomic E-state index is 11.6. The number of nitrogens with one attached hydrogen (secondary N) is 1. The summed E-state index contributed by atoms with van der Waals surface area (Å²) in [5.74, 6) is -0.150. The van der Waals surface area contributed by atoms with Crippen LogP contribution in [0.1, 0.15) is 41.0 Å². The zero-order valence-electron chi connectivity index (χ0n) is 9.68. The van der Waals surface area contributed by atoms with E-state index < -0.39 is 5.54 Å². The quantitative estimate of drug-likeness (QED) is 0.738. The van der Waals surface area contributed by atoms with Crippen molar-refractivity contribution in [1.82, 2.24) is 10.2 Å². The van der Waals surface area contributed by atoms with Gasteiger partial charge in [-0.25, -0.2) is 4.79 Å². The fraction of sp³-hybridized carbons (Fsp3) is 0.800. The second-order valence-electron chi connectivity index (χ2n) is 4.09. The normalized spacial score (nSPS) is 10.9. The number of hydrogen-bond acceptors (Lipinski definition) is 2. The largest absolute Gasteiger partial charge is 0.338 e. The van der Waals surface area contributed by atoms with Crippen LogP contribution in [0.2, 0.25) is 0 Å². The first-order valence-electron chi connectivity index (χ1n) is 4.95. The number of carbonyl (C=O) groups is 2. The molecule has 0 aliphatic carbocycles. The van der Waals surface area contributed by atoms with Gasteiger partial charge < -0.3 is 5.32 Å². The number of imide groups is 1. The maximum atomic E-state index is 11.6. The molecule has 0 radical (unpaired) electrons. The van der Waals surface area contributed by atoms with Crippen LogP contribution < -0.4 is 5.32 Å². The average molecular weight is 200 g/mol. The molecule has 0 aromatic heterocycles. The Morgan fingerprint density at radius 1 is 1.21 bits per heavy atom. The van der Waals surface area contributed by atoms with E-state index in [4.69, 9.17) is 0 Å². The predicted molar refractivity (Wildman–Crippen MR) is 56.0 cm³/mol. The third kappa shape index (κ3) is 3.36. The van der Waals surface area contributed by atoms with E-state index in [-0.39, 0.29) is 11.9 Å². The minimum atomic E-state index is -0.466. The van der Waals surface area contributed by atoms with Crippen LogP contribution in [0.4, 0.5) is 4.79 Å². The summed E-state index contributed by atoms with van der Waals surface area (Å²) >= 11 is 0. The highest BCUT2D eigenvalue weighted by Gasteiger charge is 2.30. The van der Waals surface area contributed by atoms with Crippen LogP contribution in [0, 0.1) is 0 Å². The van der Waals surface area contributed by atoms with Crippen molar-refractivity contribution in [3.05, 3.63) is 0 Å². The van der Waals surface area contributed by atoms with Gasteiger partial charge >= 0.3 is 6.03 Å². The molecular weight excluding hydrogens is 180 g/mol. The van der Waals surface area contributed by atoms with Crippen LogP contribution in [0.3, 0.4) is 0 Å². The minimum Gasteiger partial charge on any atom is -0.338 e. The molecule has 82 valence electrons. The first kappa shape index (κ1) is 12.9. The Kier molecular flexibility index (Phi) is 4.60. The van der Waals surface area contributed by atoms with Crippen molar-refractivity contribution < 1.29 is 9.59 Å². The molecule has 0 saturated carbocycles. The van der Waals surface area contributed by atoms with Crippen molar-refractivity contribution in [1.29, 1.82) is 0 Å². The zero-order chi connectivity index (χ0) is 11.4. The molecule has 0 bridgehead atoms. The van der Waals surface area contributed by atoms with E-state index in [1.165, 1.54) is 4.90 Å². The summed E-state index contributed by atoms with van der Waals surface area (Å²) in [6.45, 7) is 9.64. The van der Waals surface area contributed by atoms with Crippen LogP contribution in [0.15, 0.2) is 0 Å². The van der Waals surface area contributed by atoms with Gasteiger partial charge in [-0.3, -0.25) is 9.69 Å². The van der Waals surface area contributed by atoms with Gasteiger partial charge in [0.1, 0.15) is 0 Å². The SMILES string of the molecule is CCNC(=O)N(C(=O)CC)C(C)(C)C. The molecule has 1 N–H and O–H groups in total. The molecule has 4 nitrogen and oxygen atoms in total. The molecular formula is C10H20N2O2. The fourth-order valence-electron chi connectivity index (χ4n) is 1.18. The molecule has 0 aromatic carbocycles. The number of carbonyl (C=O) groups excluding carboxylic acids is 2. The minimum absolute atomic E-state index is 0.150. The Labute approximate surface area is 85.7 Å². The van der Waals surface area contributed by atoms with Gasteiger partial charge in [-0.05, 0) is 27.7 Å². The molecule has 0 aliphatic rings. The third-order valence-electron chi connectivity index (χ3n) is 1.75. The van der Waals surface area contributed by atoms with Crippen LogP contribution in [-0.4, -0.2) is 28.9 Å². The second kappa shape index (κ2) is 4.98. The number of nitrogens with zero attached hydrogens (tertiary/aromatic N) is 1. The standard InChI is InChI=1S/C10H20N2O2/c1-6-8(13)12(10(3,4)5)9(14)11-7-2/h6-7H2,1-5H3,(H,11,14). The summed E-state index contributed by atoms with van der Waals surface area (Å²) in [6, 6.07) is -0.313. The number of rotatable bonds is 2. The van der Waals surface area contributed by atoms with Gasteiger partial charge in [-0.1, -0.05) is 6.92 Å². The average Bonchev–Trinajstić information content (AvgIpc) is 2.02. The van der Waals surface area contributed by atoms with Gasteiger partial charge in [0, 0.05) is 18.5 Å². The van der Waals surface area contributed by atoms with Crippen LogP contribution in [0.5, 0.6) is 0 Å². The highest BCUT2D eigenvalue weighted by atomic mass is 16.2. The lowest BCUT2D eigenvalue weighted by Gasteiger charge is -2.33. The molecule has 4 heteroatoms. The molecule has 0 fully saturated rings. The summed E-state index contributed by atoms with van der Waals surface area (Å²) in [4.78, 5) is 24.4. The van der Waals surface area contributed by atoms with Crippen molar-refractivity contribution in [2.24, 2.45) is 0 Å². The summed E-state index contributed by atoms with van der Waals surface area (Å²) in [5.41, 5.74) is -0.466. The van der Waals surface area contributed by atoms with Crippen LogP contribution >= 0.6 is 0 Å². The van der Waals surface area contributed by atoms with Gasteiger partial charge in [0.25, 0.3) is 0 Å². The van der Waals surface area contributed by atoms with E-state index >= 15 is 0 Å². The molecule has 3 amide bonds. The van der Waals surface area contributed by atoms with Gasteiger partial charge in [0.15, 0.2) is 0 Å². The molecule has 0 aromatic rings. The van der Waals surface area contributed by atoms with E-state index in [1.54, 1.807) is 6.92 Å². The monoisotopic (exact) mass is 200 g/mol. The molecule has 0 saturated heterocycles. The Balaban J connectivity index is 4.73. The zero-order valence-corrected chi connectivity index (χ0v) is 9.68. The van der Waals surface area contributed by atoms with Crippen molar-refractivity contribution in [3.63, 3.8) is 0 Å². The highest BCUT2D eigenvalue weighted by Crippen LogP contribution is 2.14. The first-order chi connectivity index (χ1) is 6.34. The Bertz CT molecular complexity index is 219. The van der Waals surface area contributed by atoms with Crippen LogP contribution in [-0.2, 0) is 4.79 Å². The van der Waals surface area contributed by atoms with Gasteiger partial charge in [0.05, 0.1) is 0 Å². The van der Waals surface area contributed by atoms with Gasteiger partial charge in [-0.2, -0.15) is 0 Å². The molecule has 0 heterocycles. The lowest BCUT2D eigenvalue weighted by atomic mass is 10.1. The van der Waals surface area contributed by atoms with Crippen LogP contribution in [0.25, 0.3) is 0 Å². The van der Waals surface area contributed by atoms with Crippen molar-refractivity contribution >= 4 is 11.9 Å². The number of urea groups is 1. The highest BCUT2D eigenvalue weighted by molar-refractivity contribution is 5.95. The van der Waals surface area contributed by atoms with E-state index in [9.17, 15) is 9.59 Å². The van der Waals surface area contributed by atoms with E-state index in [0.29, 0.717) is 13.0 Å². The molecule has 0 rings (SSSR count).